The molecule has 1 aliphatic rings. The van der Waals surface area contributed by atoms with E-state index in [-0.39, 0.29) is 11.6 Å². The molecule has 130 valence electrons. The molecule has 7 heteroatoms. The van der Waals surface area contributed by atoms with Crippen LogP contribution in [0.3, 0.4) is 0 Å². The second kappa shape index (κ2) is 6.50. The molecule has 0 unspecified atom stereocenters. The molecule has 2 aromatic heterocycles. The van der Waals surface area contributed by atoms with E-state index in [1.807, 2.05) is 23.6 Å². The molecular formula is C18H18N2O4S. The van der Waals surface area contributed by atoms with Crippen molar-refractivity contribution in [2.24, 2.45) is 0 Å². The number of ether oxygens (including phenoxy) is 3. The average Bonchev–Trinajstić information content (AvgIpc) is 3.31. The highest BCUT2D eigenvalue weighted by Crippen LogP contribution is 2.38. The summed E-state index contributed by atoms with van der Waals surface area (Å²) in [5.41, 5.74) is 1.66. The highest BCUT2D eigenvalue weighted by atomic mass is 32.1. The van der Waals surface area contributed by atoms with Crippen LogP contribution < -0.4 is 15.0 Å². The van der Waals surface area contributed by atoms with Gasteiger partial charge in [-0.2, -0.15) is 0 Å². The van der Waals surface area contributed by atoms with Gasteiger partial charge in [0.2, 0.25) is 0 Å². The molecule has 1 fully saturated rings. The zero-order valence-electron chi connectivity index (χ0n) is 14.0. The van der Waals surface area contributed by atoms with E-state index < -0.39 is 0 Å². The Hall–Kier alpha value is -2.38. The van der Waals surface area contributed by atoms with Gasteiger partial charge in [0.15, 0.2) is 0 Å². The molecule has 0 spiro atoms. The number of nitrogens with zero attached hydrogens (tertiary/aromatic N) is 2. The molecular weight excluding hydrogens is 340 g/mol. The molecule has 0 N–H and O–H groups in total. The summed E-state index contributed by atoms with van der Waals surface area (Å²) in [4.78, 5) is 18.3. The highest BCUT2D eigenvalue weighted by molar-refractivity contribution is 7.17. The summed E-state index contributed by atoms with van der Waals surface area (Å²) >= 11 is 1.46. The number of hydrogen-bond acceptors (Lipinski definition) is 6. The molecule has 0 bridgehead atoms. The first-order valence-electron chi connectivity index (χ1n) is 8.01. The lowest BCUT2D eigenvalue weighted by molar-refractivity contribution is 0.186. The average molecular weight is 358 g/mol. The minimum absolute atomic E-state index is 0.0328. The standard InChI is InChI=1S/C18H18N2O4S/c1-22-12-3-4-13(15(7-12)23-2)14-9-25-17-16(14)18(21)20(10-19-17)11-5-6-24-8-11/h3-4,7,9-11H,5-6,8H2,1-2H3/t11-/m0/s1. The van der Waals surface area contributed by atoms with Crippen molar-refractivity contribution in [3.8, 4) is 22.6 Å². The van der Waals surface area contributed by atoms with Crippen LogP contribution in [0.15, 0.2) is 34.7 Å². The molecule has 0 amide bonds. The predicted molar refractivity (Wildman–Crippen MR) is 96.9 cm³/mol. The zero-order chi connectivity index (χ0) is 17.4. The SMILES string of the molecule is COc1ccc(-c2csc3ncn([C@H]4CCOC4)c(=O)c23)c(OC)c1. The lowest BCUT2D eigenvalue weighted by Gasteiger charge is -2.12. The maximum Gasteiger partial charge on any atom is 0.263 e. The molecule has 1 aliphatic heterocycles. The number of methoxy groups -OCH3 is 2. The quantitative estimate of drug-likeness (QED) is 0.717. The molecule has 6 nitrogen and oxygen atoms in total. The molecule has 1 saturated heterocycles. The highest BCUT2D eigenvalue weighted by Gasteiger charge is 2.22. The molecule has 25 heavy (non-hydrogen) atoms. The van der Waals surface area contributed by atoms with E-state index >= 15 is 0 Å². The smallest absolute Gasteiger partial charge is 0.263 e. The van der Waals surface area contributed by atoms with Crippen LogP contribution in [0.1, 0.15) is 12.5 Å². The van der Waals surface area contributed by atoms with E-state index in [4.69, 9.17) is 14.2 Å². The summed E-state index contributed by atoms with van der Waals surface area (Å²) in [6.07, 6.45) is 2.47. The molecule has 1 aromatic carbocycles. The van der Waals surface area contributed by atoms with Crippen LogP contribution in [-0.2, 0) is 4.74 Å². The van der Waals surface area contributed by atoms with Gasteiger partial charge in [0.05, 0.1) is 38.6 Å². The van der Waals surface area contributed by atoms with Gasteiger partial charge in [0.1, 0.15) is 16.3 Å². The van der Waals surface area contributed by atoms with Gasteiger partial charge in [-0.15, -0.1) is 11.3 Å². The number of aromatic nitrogens is 2. The van der Waals surface area contributed by atoms with Crippen molar-refractivity contribution in [1.82, 2.24) is 9.55 Å². The molecule has 0 radical (unpaired) electrons. The largest absolute Gasteiger partial charge is 0.497 e. The van der Waals surface area contributed by atoms with Crippen molar-refractivity contribution >= 4 is 21.6 Å². The monoisotopic (exact) mass is 358 g/mol. The van der Waals surface area contributed by atoms with Crippen LogP contribution in [0.25, 0.3) is 21.3 Å². The first-order valence-corrected chi connectivity index (χ1v) is 8.89. The first kappa shape index (κ1) is 16.1. The maximum absolute atomic E-state index is 13.1. The van der Waals surface area contributed by atoms with Crippen LogP contribution in [-0.4, -0.2) is 37.0 Å². The Labute approximate surface area is 148 Å². The number of thiophene rings is 1. The van der Waals surface area contributed by atoms with Gasteiger partial charge in [0, 0.05) is 29.2 Å². The first-order chi connectivity index (χ1) is 12.2. The minimum Gasteiger partial charge on any atom is -0.497 e. The fourth-order valence-corrected chi connectivity index (χ4v) is 4.06. The summed E-state index contributed by atoms with van der Waals surface area (Å²) in [5, 5.41) is 2.58. The van der Waals surface area contributed by atoms with E-state index in [1.54, 1.807) is 25.1 Å². The maximum atomic E-state index is 13.1. The molecule has 3 heterocycles. The summed E-state index contributed by atoms with van der Waals surface area (Å²) in [6, 6.07) is 5.64. The predicted octanol–water partition coefficient (Wildman–Crippen LogP) is 3.10. The summed E-state index contributed by atoms with van der Waals surface area (Å²) < 4.78 is 17.9. The van der Waals surface area contributed by atoms with E-state index in [0.29, 0.717) is 30.1 Å². The Morgan fingerprint density at radius 1 is 1.28 bits per heavy atom. The zero-order valence-corrected chi connectivity index (χ0v) is 14.8. The van der Waals surface area contributed by atoms with Crippen LogP contribution in [0, 0.1) is 0 Å². The van der Waals surface area contributed by atoms with Crippen molar-refractivity contribution in [1.29, 1.82) is 0 Å². The Morgan fingerprint density at radius 2 is 2.16 bits per heavy atom. The van der Waals surface area contributed by atoms with Crippen molar-refractivity contribution in [3.05, 3.63) is 40.3 Å². The van der Waals surface area contributed by atoms with Gasteiger partial charge in [-0.05, 0) is 18.6 Å². The molecule has 1 atom stereocenters. The number of fused-ring (bicyclic) bond motifs is 1. The van der Waals surface area contributed by atoms with Gasteiger partial charge in [-0.25, -0.2) is 4.98 Å². The molecule has 0 aliphatic carbocycles. The van der Waals surface area contributed by atoms with Crippen LogP contribution >= 0.6 is 11.3 Å². The minimum atomic E-state index is -0.0328. The fraction of sp³-hybridized carbons (Fsp3) is 0.333. The van der Waals surface area contributed by atoms with Crippen molar-refractivity contribution < 1.29 is 14.2 Å². The van der Waals surface area contributed by atoms with Gasteiger partial charge in [-0.3, -0.25) is 9.36 Å². The van der Waals surface area contributed by atoms with Gasteiger partial charge >= 0.3 is 0 Å². The number of hydrogen-bond donors (Lipinski definition) is 0. The van der Waals surface area contributed by atoms with Gasteiger partial charge in [-0.1, -0.05) is 0 Å². The second-order valence-corrected chi connectivity index (χ2v) is 6.73. The normalized spacial score (nSPS) is 17.1. The second-order valence-electron chi connectivity index (χ2n) is 5.87. The Bertz CT molecular complexity index is 973. The van der Waals surface area contributed by atoms with E-state index in [2.05, 4.69) is 4.98 Å². The van der Waals surface area contributed by atoms with Gasteiger partial charge < -0.3 is 14.2 Å². The fourth-order valence-electron chi connectivity index (χ4n) is 3.17. The third-order valence-corrected chi connectivity index (χ3v) is 5.40. The third-order valence-electron chi connectivity index (χ3n) is 4.52. The summed E-state index contributed by atoms with van der Waals surface area (Å²) in [6.45, 7) is 1.23. The lowest BCUT2D eigenvalue weighted by Crippen LogP contribution is -2.25. The molecule has 3 aromatic rings. The van der Waals surface area contributed by atoms with Crippen molar-refractivity contribution in [2.75, 3.05) is 27.4 Å². The van der Waals surface area contributed by atoms with E-state index in [0.717, 1.165) is 22.4 Å². The summed E-state index contributed by atoms with van der Waals surface area (Å²) in [7, 11) is 3.22. The topological polar surface area (TPSA) is 62.6 Å². The summed E-state index contributed by atoms with van der Waals surface area (Å²) in [5.74, 6) is 1.37. The van der Waals surface area contributed by atoms with Gasteiger partial charge in [0.25, 0.3) is 5.56 Å². The number of benzene rings is 1. The molecule has 0 saturated carbocycles. The van der Waals surface area contributed by atoms with Crippen molar-refractivity contribution in [2.45, 2.75) is 12.5 Å². The Morgan fingerprint density at radius 3 is 2.88 bits per heavy atom. The Balaban J connectivity index is 1.91. The Kier molecular flexibility index (Phi) is 4.19. The van der Waals surface area contributed by atoms with E-state index in [9.17, 15) is 4.79 Å². The van der Waals surface area contributed by atoms with Crippen molar-refractivity contribution in [3.63, 3.8) is 0 Å². The van der Waals surface area contributed by atoms with Crippen LogP contribution in [0.4, 0.5) is 0 Å². The van der Waals surface area contributed by atoms with E-state index in [1.165, 1.54) is 11.3 Å². The number of rotatable bonds is 4. The van der Waals surface area contributed by atoms with Crippen LogP contribution in [0.2, 0.25) is 0 Å². The lowest BCUT2D eigenvalue weighted by atomic mass is 10.0. The molecule has 4 rings (SSSR count). The third kappa shape index (κ3) is 2.69. The van der Waals surface area contributed by atoms with Crippen LogP contribution in [0.5, 0.6) is 11.5 Å².